The zero-order chi connectivity index (χ0) is 20.9. The van der Waals surface area contributed by atoms with Gasteiger partial charge in [-0.15, -0.1) is 5.10 Å². The summed E-state index contributed by atoms with van der Waals surface area (Å²) in [6.45, 7) is 4.11. The standard InChI is InChI=1S/C21H24F2N6O/c1-30-15-14-29-21(24-25-26-29)20(16-2-4-17(22)5-3-16)28-12-10-27(11-13-28)19-8-6-18(23)7-9-19/h2-9,20H,10-15H2,1H3/t20-/m1/s1. The van der Waals surface area contributed by atoms with E-state index in [2.05, 4.69) is 25.3 Å². The van der Waals surface area contributed by atoms with Crippen molar-refractivity contribution in [3.05, 3.63) is 71.6 Å². The van der Waals surface area contributed by atoms with Crippen molar-refractivity contribution in [2.45, 2.75) is 12.6 Å². The predicted octanol–water partition coefficient (Wildman–Crippen LogP) is 2.51. The van der Waals surface area contributed by atoms with Crippen LogP contribution in [0.1, 0.15) is 17.4 Å². The van der Waals surface area contributed by atoms with Gasteiger partial charge in [0.15, 0.2) is 5.82 Å². The molecule has 0 aliphatic carbocycles. The van der Waals surface area contributed by atoms with Crippen LogP contribution in [-0.2, 0) is 11.3 Å². The van der Waals surface area contributed by atoms with Crippen LogP contribution in [-0.4, -0.2) is 65.0 Å². The molecule has 9 heteroatoms. The van der Waals surface area contributed by atoms with Crippen LogP contribution < -0.4 is 4.90 Å². The molecule has 0 N–H and O–H groups in total. The first-order valence-corrected chi connectivity index (χ1v) is 9.91. The van der Waals surface area contributed by atoms with Gasteiger partial charge in [-0.05, 0) is 52.4 Å². The molecule has 1 atom stereocenters. The third-order valence-corrected chi connectivity index (χ3v) is 5.37. The summed E-state index contributed by atoms with van der Waals surface area (Å²) < 4.78 is 33.7. The smallest absolute Gasteiger partial charge is 0.173 e. The number of ether oxygens (including phenoxy) is 1. The summed E-state index contributed by atoms with van der Waals surface area (Å²) in [5.41, 5.74) is 1.93. The Balaban J connectivity index is 1.57. The first-order valence-electron chi connectivity index (χ1n) is 9.91. The number of piperazine rings is 1. The third kappa shape index (κ3) is 4.47. The lowest BCUT2D eigenvalue weighted by Crippen LogP contribution is -2.48. The molecule has 0 saturated carbocycles. The van der Waals surface area contributed by atoms with E-state index in [-0.39, 0.29) is 17.7 Å². The third-order valence-electron chi connectivity index (χ3n) is 5.37. The number of rotatable bonds is 7. The molecule has 1 aliphatic rings. The quantitative estimate of drug-likeness (QED) is 0.592. The van der Waals surface area contributed by atoms with Crippen molar-refractivity contribution < 1.29 is 13.5 Å². The average molecular weight is 414 g/mol. The number of halogens is 2. The highest BCUT2D eigenvalue weighted by Gasteiger charge is 2.30. The summed E-state index contributed by atoms with van der Waals surface area (Å²) in [5.74, 6) is 0.183. The van der Waals surface area contributed by atoms with Crippen molar-refractivity contribution in [3.63, 3.8) is 0 Å². The van der Waals surface area contributed by atoms with E-state index in [4.69, 9.17) is 4.74 Å². The molecule has 3 aromatic rings. The zero-order valence-corrected chi connectivity index (χ0v) is 16.8. The topological polar surface area (TPSA) is 59.3 Å². The van der Waals surface area contributed by atoms with Crippen LogP contribution in [0.4, 0.5) is 14.5 Å². The van der Waals surface area contributed by atoms with Gasteiger partial charge in [0.1, 0.15) is 11.6 Å². The predicted molar refractivity (Wildman–Crippen MR) is 108 cm³/mol. The van der Waals surface area contributed by atoms with Crippen molar-refractivity contribution in [1.82, 2.24) is 25.1 Å². The van der Waals surface area contributed by atoms with Gasteiger partial charge in [0.25, 0.3) is 0 Å². The summed E-state index contributed by atoms with van der Waals surface area (Å²) >= 11 is 0. The Kier molecular flexibility index (Phi) is 6.29. The number of aromatic nitrogens is 4. The van der Waals surface area contributed by atoms with Crippen LogP contribution >= 0.6 is 0 Å². The number of hydrogen-bond donors (Lipinski definition) is 0. The lowest BCUT2D eigenvalue weighted by molar-refractivity contribution is 0.171. The maximum absolute atomic E-state index is 13.5. The van der Waals surface area contributed by atoms with Crippen molar-refractivity contribution in [3.8, 4) is 0 Å². The SMILES string of the molecule is COCCn1nnnc1[C@@H](c1ccc(F)cc1)N1CCN(c2ccc(F)cc2)CC1. The molecule has 0 amide bonds. The second-order valence-corrected chi connectivity index (χ2v) is 7.21. The second-order valence-electron chi connectivity index (χ2n) is 7.21. The Morgan fingerprint density at radius 1 is 0.933 bits per heavy atom. The van der Waals surface area contributed by atoms with E-state index >= 15 is 0 Å². The molecule has 1 aliphatic heterocycles. The monoisotopic (exact) mass is 414 g/mol. The summed E-state index contributed by atoms with van der Waals surface area (Å²) in [7, 11) is 1.64. The van der Waals surface area contributed by atoms with Gasteiger partial charge < -0.3 is 9.64 Å². The largest absolute Gasteiger partial charge is 0.383 e. The fourth-order valence-electron chi connectivity index (χ4n) is 3.80. The maximum Gasteiger partial charge on any atom is 0.173 e. The van der Waals surface area contributed by atoms with Crippen LogP contribution in [0.5, 0.6) is 0 Å². The fraction of sp³-hybridized carbons (Fsp3) is 0.381. The van der Waals surface area contributed by atoms with E-state index in [0.717, 1.165) is 37.4 Å². The minimum Gasteiger partial charge on any atom is -0.383 e. The van der Waals surface area contributed by atoms with Crippen LogP contribution in [0.15, 0.2) is 48.5 Å². The van der Waals surface area contributed by atoms with Crippen LogP contribution in [0.2, 0.25) is 0 Å². The van der Waals surface area contributed by atoms with Crippen LogP contribution in [0.25, 0.3) is 0 Å². The van der Waals surface area contributed by atoms with E-state index in [9.17, 15) is 8.78 Å². The number of hydrogen-bond acceptors (Lipinski definition) is 6. The summed E-state index contributed by atoms with van der Waals surface area (Å²) in [6.07, 6.45) is 0. The van der Waals surface area contributed by atoms with Gasteiger partial charge in [-0.25, -0.2) is 13.5 Å². The molecule has 1 saturated heterocycles. The number of nitrogens with zero attached hydrogens (tertiary/aromatic N) is 6. The van der Waals surface area contributed by atoms with Gasteiger partial charge in [-0.1, -0.05) is 12.1 Å². The summed E-state index contributed by atoms with van der Waals surface area (Å²) in [5, 5.41) is 12.3. The Morgan fingerprint density at radius 3 is 2.20 bits per heavy atom. The molecule has 30 heavy (non-hydrogen) atoms. The summed E-state index contributed by atoms with van der Waals surface area (Å²) in [4.78, 5) is 4.52. The Labute approximate surface area is 173 Å². The molecule has 0 spiro atoms. The molecule has 0 unspecified atom stereocenters. The fourth-order valence-corrected chi connectivity index (χ4v) is 3.80. The van der Waals surface area contributed by atoms with Crippen molar-refractivity contribution >= 4 is 5.69 Å². The second kappa shape index (κ2) is 9.27. The molecular formula is C21H24F2N6O. The normalized spacial score (nSPS) is 16.0. The first-order chi connectivity index (χ1) is 14.7. The molecule has 1 fully saturated rings. The number of methoxy groups -OCH3 is 1. The Morgan fingerprint density at radius 2 is 1.57 bits per heavy atom. The van der Waals surface area contributed by atoms with Gasteiger partial charge in [0, 0.05) is 39.0 Å². The molecule has 0 radical (unpaired) electrons. The Hall–Kier alpha value is -2.91. The van der Waals surface area contributed by atoms with Gasteiger partial charge in [0.05, 0.1) is 19.2 Å². The molecule has 2 heterocycles. The van der Waals surface area contributed by atoms with Crippen LogP contribution in [0.3, 0.4) is 0 Å². The maximum atomic E-state index is 13.5. The molecule has 1 aromatic heterocycles. The molecule has 4 rings (SSSR count). The number of benzene rings is 2. The molecule has 0 bridgehead atoms. The molecule has 7 nitrogen and oxygen atoms in total. The minimum absolute atomic E-state index is 0.201. The van der Waals surface area contributed by atoms with Crippen molar-refractivity contribution in [2.24, 2.45) is 0 Å². The van der Waals surface area contributed by atoms with E-state index in [1.165, 1.54) is 24.3 Å². The van der Waals surface area contributed by atoms with Crippen molar-refractivity contribution in [2.75, 3.05) is 44.8 Å². The van der Waals surface area contributed by atoms with Gasteiger partial charge in [-0.3, -0.25) is 4.90 Å². The number of tetrazole rings is 1. The van der Waals surface area contributed by atoms with E-state index in [1.54, 1.807) is 36.1 Å². The van der Waals surface area contributed by atoms with Gasteiger partial charge in [0.2, 0.25) is 0 Å². The lowest BCUT2D eigenvalue weighted by Gasteiger charge is -2.39. The highest BCUT2D eigenvalue weighted by Crippen LogP contribution is 2.29. The van der Waals surface area contributed by atoms with Crippen LogP contribution in [0, 0.1) is 11.6 Å². The molecule has 2 aromatic carbocycles. The van der Waals surface area contributed by atoms with E-state index in [0.29, 0.717) is 19.0 Å². The summed E-state index contributed by atoms with van der Waals surface area (Å²) in [6, 6.07) is 12.8. The van der Waals surface area contributed by atoms with E-state index in [1.807, 2.05) is 0 Å². The highest BCUT2D eigenvalue weighted by molar-refractivity contribution is 5.46. The Bertz CT molecular complexity index is 939. The molecule has 158 valence electrons. The zero-order valence-electron chi connectivity index (χ0n) is 16.8. The first kappa shape index (κ1) is 20.4. The van der Waals surface area contributed by atoms with Gasteiger partial charge >= 0.3 is 0 Å². The highest BCUT2D eigenvalue weighted by atomic mass is 19.1. The minimum atomic E-state index is -0.280. The lowest BCUT2D eigenvalue weighted by atomic mass is 10.0. The van der Waals surface area contributed by atoms with Crippen molar-refractivity contribution in [1.29, 1.82) is 0 Å². The van der Waals surface area contributed by atoms with E-state index < -0.39 is 0 Å². The number of anilines is 1. The average Bonchev–Trinajstić information content (AvgIpc) is 3.23. The molecular weight excluding hydrogens is 390 g/mol. The van der Waals surface area contributed by atoms with Gasteiger partial charge in [-0.2, -0.15) is 0 Å².